The number of ether oxygens (including phenoxy) is 1. The Balaban J connectivity index is 1.54. The van der Waals surface area contributed by atoms with Gasteiger partial charge in [0.05, 0.1) is 24.3 Å². The Labute approximate surface area is 219 Å². The van der Waals surface area contributed by atoms with Crippen molar-refractivity contribution in [2.45, 2.75) is 24.0 Å². The summed E-state index contributed by atoms with van der Waals surface area (Å²) in [6.07, 6.45) is 1.63. The Kier molecular flexibility index (Phi) is 8.19. The molecule has 2 aromatic carbocycles. The Bertz CT molecular complexity index is 1420. The average molecular weight is 517 g/mol. The van der Waals surface area contributed by atoms with Crippen LogP contribution >= 0.6 is 11.8 Å². The number of fused-ring (bicyclic) bond motifs is 1. The summed E-state index contributed by atoms with van der Waals surface area (Å²) in [6, 6.07) is 18.4. The number of thioether (sulfide) groups is 1. The molecule has 9 nitrogen and oxygen atoms in total. The second-order valence-corrected chi connectivity index (χ2v) is 9.28. The molecule has 0 fully saturated rings. The standard InChI is InChI=1S/C27H28N6O3S/c1-3-36-24(34)13-14-33(20-7-5-4-6-8-20)27(35)19-15-22-26(30-16-19)32(2)23(31-22)17-37-21-11-9-18(10-12-21)25(28)29/h4-12,15-16H,3,13-14,17H2,1-2H3,(H3,28,29). The van der Waals surface area contributed by atoms with Gasteiger partial charge in [0.2, 0.25) is 0 Å². The quantitative estimate of drug-likeness (QED) is 0.140. The maximum atomic E-state index is 13.5. The molecule has 0 atom stereocenters. The summed E-state index contributed by atoms with van der Waals surface area (Å²) >= 11 is 1.61. The number of benzene rings is 2. The maximum Gasteiger partial charge on any atom is 0.307 e. The van der Waals surface area contributed by atoms with E-state index in [1.165, 1.54) is 0 Å². The number of pyridine rings is 1. The fraction of sp³-hybridized carbons (Fsp3) is 0.222. The molecule has 4 rings (SSSR count). The zero-order valence-corrected chi connectivity index (χ0v) is 21.5. The monoisotopic (exact) mass is 516 g/mol. The van der Waals surface area contributed by atoms with Gasteiger partial charge in [0.15, 0.2) is 5.65 Å². The SMILES string of the molecule is CCOC(=O)CCN(C(=O)c1cnc2c(c1)nc(CSc1ccc(C(=N)N)cc1)n2C)c1ccccc1. The number of rotatable bonds is 10. The van der Waals surface area contributed by atoms with Crippen molar-refractivity contribution in [2.75, 3.05) is 18.1 Å². The van der Waals surface area contributed by atoms with Crippen LogP contribution in [0.3, 0.4) is 0 Å². The van der Waals surface area contributed by atoms with Gasteiger partial charge in [-0.25, -0.2) is 9.97 Å². The molecule has 0 aliphatic carbocycles. The smallest absolute Gasteiger partial charge is 0.307 e. The molecule has 37 heavy (non-hydrogen) atoms. The van der Waals surface area contributed by atoms with E-state index in [-0.39, 0.29) is 30.7 Å². The van der Waals surface area contributed by atoms with Crippen LogP contribution in [0.1, 0.15) is 35.1 Å². The van der Waals surface area contributed by atoms with Crippen LogP contribution in [0.15, 0.2) is 71.8 Å². The highest BCUT2D eigenvalue weighted by atomic mass is 32.2. The van der Waals surface area contributed by atoms with E-state index in [1.807, 2.05) is 66.2 Å². The number of hydrogen-bond acceptors (Lipinski definition) is 7. The summed E-state index contributed by atoms with van der Waals surface area (Å²) in [5.74, 6) is 0.834. The van der Waals surface area contributed by atoms with Crippen LogP contribution < -0.4 is 10.6 Å². The first-order valence-electron chi connectivity index (χ1n) is 11.8. The highest BCUT2D eigenvalue weighted by molar-refractivity contribution is 7.98. The van der Waals surface area contributed by atoms with Crippen molar-refractivity contribution in [2.24, 2.45) is 12.8 Å². The third-order valence-electron chi connectivity index (χ3n) is 5.74. The van der Waals surface area contributed by atoms with Gasteiger partial charge >= 0.3 is 5.97 Å². The van der Waals surface area contributed by atoms with Crippen molar-refractivity contribution in [1.82, 2.24) is 14.5 Å². The molecule has 190 valence electrons. The summed E-state index contributed by atoms with van der Waals surface area (Å²) in [7, 11) is 1.90. The number of esters is 1. The third-order valence-corrected chi connectivity index (χ3v) is 6.75. The molecule has 0 saturated carbocycles. The lowest BCUT2D eigenvalue weighted by molar-refractivity contribution is -0.142. The lowest BCUT2D eigenvalue weighted by atomic mass is 10.2. The largest absolute Gasteiger partial charge is 0.466 e. The van der Waals surface area contributed by atoms with E-state index in [0.29, 0.717) is 40.3 Å². The Hall–Kier alpha value is -4.18. The molecule has 1 amide bonds. The number of nitrogens with one attached hydrogen (secondary N) is 1. The minimum absolute atomic E-state index is 0.0371. The molecule has 2 heterocycles. The molecule has 4 aromatic rings. The number of amides is 1. The molecule has 2 aromatic heterocycles. The summed E-state index contributed by atoms with van der Waals surface area (Å²) in [6.45, 7) is 2.23. The fourth-order valence-corrected chi connectivity index (χ4v) is 4.68. The molecule has 3 N–H and O–H groups in total. The van der Waals surface area contributed by atoms with Gasteiger partial charge in [0, 0.05) is 35.9 Å². The second-order valence-electron chi connectivity index (χ2n) is 8.23. The van der Waals surface area contributed by atoms with E-state index in [1.54, 1.807) is 35.8 Å². The van der Waals surface area contributed by atoms with Crippen LogP contribution in [0, 0.1) is 5.41 Å². The first-order valence-corrected chi connectivity index (χ1v) is 12.8. The lowest BCUT2D eigenvalue weighted by Crippen LogP contribution is -2.33. The van der Waals surface area contributed by atoms with Crippen molar-refractivity contribution in [3.63, 3.8) is 0 Å². The Morgan fingerprint density at radius 1 is 1.11 bits per heavy atom. The number of carbonyl (C=O) groups is 2. The molecule has 0 bridgehead atoms. The average Bonchev–Trinajstić information content (AvgIpc) is 3.23. The number of carbonyl (C=O) groups excluding carboxylic acids is 2. The van der Waals surface area contributed by atoms with E-state index in [2.05, 4.69) is 4.98 Å². The maximum absolute atomic E-state index is 13.5. The number of aromatic nitrogens is 3. The van der Waals surface area contributed by atoms with Gasteiger partial charge in [-0.3, -0.25) is 15.0 Å². The topological polar surface area (TPSA) is 127 Å². The van der Waals surface area contributed by atoms with Gasteiger partial charge < -0.3 is 19.9 Å². The van der Waals surface area contributed by atoms with Gasteiger partial charge in [-0.2, -0.15) is 0 Å². The third kappa shape index (κ3) is 6.15. The van der Waals surface area contributed by atoms with Crippen molar-refractivity contribution in [3.05, 3.63) is 83.8 Å². The number of nitrogen functional groups attached to an aromatic ring is 1. The summed E-state index contributed by atoms with van der Waals surface area (Å²) < 4.78 is 6.95. The van der Waals surface area contributed by atoms with Crippen molar-refractivity contribution < 1.29 is 14.3 Å². The van der Waals surface area contributed by atoms with Crippen LogP contribution in [0.2, 0.25) is 0 Å². The van der Waals surface area contributed by atoms with Crippen molar-refractivity contribution >= 4 is 46.3 Å². The van der Waals surface area contributed by atoms with E-state index in [0.717, 1.165) is 10.7 Å². The zero-order valence-electron chi connectivity index (χ0n) is 20.7. The van der Waals surface area contributed by atoms with Crippen LogP contribution in [0.4, 0.5) is 5.69 Å². The van der Waals surface area contributed by atoms with Crippen molar-refractivity contribution in [3.8, 4) is 0 Å². The van der Waals surface area contributed by atoms with Crippen LogP contribution in [-0.4, -0.2) is 45.4 Å². The minimum atomic E-state index is -0.354. The van der Waals surface area contributed by atoms with E-state index < -0.39 is 0 Å². The van der Waals surface area contributed by atoms with Crippen LogP contribution in [-0.2, 0) is 22.3 Å². The molecule has 0 radical (unpaired) electrons. The molecule has 0 spiro atoms. The minimum Gasteiger partial charge on any atom is -0.466 e. The molecule has 0 unspecified atom stereocenters. The van der Waals surface area contributed by atoms with Crippen LogP contribution in [0.25, 0.3) is 11.2 Å². The first kappa shape index (κ1) is 25.9. The van der Waals surface area contributed by atoms with Gasteiger partial charge in [0.25, 0.3) is 5.91 Å². The number of anilines is 1. The number of imidazole rings is 1. The number of amidine groups is 1. The van der Waals surface area contributed by atoms with E-state index in [9.17, 15) is 9.59 Å². The Morgan fingerprint density at radius 3 is 2.51 bits per heavy atom. The lowest BCUT2D eigenvalue weighted by Gasteiger charge is -2.22. The first-order chi connectivity index (χ1) is 17.9. The van der Waals surface area contributed by atoms with Gasteiger partial charge in [-0.1, -0.05) is 30.3 Å². The molecular weight excluding hydrogens is 488 g/mol. The number of nitrogens with zero attached hydrogens (tertiary/aromatic N) is 4. The highest BCUT2D eigenvalue weighted by Gasteiger charge is 2.21. The molecule has 0 aliphatic rings. The Morgan fingerprint density at radius 2 is 1.84 bits per heavy atom. The van der Waals surface area contributed by atoms with E-state index >= 15 is 0 Å². The number of aryl methyl sites for hydroxylation is 1. The highest BCUT2D eigenvalue weighted by Crippen LogP contribution is 2.25. The predicted octanol–water partition coefficient (Wildman–Crippen LogP) is 4.14. The summed E-state index contributed by atoms with van der Waals surface area (Å²) in [5, 5.41) is 7.52. The summed E-state index contributed by atoms with van der Waals surface area (Å²) in [4.78, 5) is 37.3. The molecule has 0 saturated heterocycles. The molecular formula is C27H28N6O3S. The normalized spacial score (nSPS) is 10.9. The van der Waals surface area contributed by atoms with Gasteiger partial charge in [0.1, 0.15) is 17.2 Å². The fourth-order valence-electron chi connectivity index (χ4n) is 3.80. The number of hydrogen-bond donors (Lipinski definition) is 2. The zero-order chi connectivity index (χ0) is 26.4. The van der Waals surface area contributed by atoms with Crippen molar-refractivity contribution in [1.29, 1.82) is 5.41 Å². The summed E-state index contributed by atoms with van der Waals surface area (Å²) in [5.41, 5.74) is 8.58. The molecule has 10 heteroatoms. The molecule has 0 aliphatic heterocycles. The number of para-hydroxylation sites is 1. The van der Waals surface area contributed by atoms with E-state index in [4.69, 9.17) is 20.9 Å². The predicted molar refractivity (Wildman–Crippen MR) is 145 cm³/mol. The van der Waals surface area contributed by atoms with Crippen LogP contribution in [0.5, 0.6) is 0 Å². The number of nitrogens with two attached hydrogens (primary N) is 1. The van der Waals surface area contributed by atoms with Gasteiger partial charge in [-0.05, 0) is 37.3 Å². The van der Waals surface area contributed by atoms with Gasteiger partial charge in [-0.15, -0.1) is 11.8 Å². The second kappa shape index (κ2) is 11.7.